The SMILES string of the molecule is Cc1cc(C)n(C(=O)CCC#N)n1. The van der Waals surface area contributed by atoms with Gasteiger partial charge in [0.2, 0.25) is 5.91 Å². The van der Waals surface area contributed by atoms with Gasteiger partial charge in [-0.25, -0.2) is 4.68 Å². The molecule has 0 N–H and O–H groups in total. The number of carbonyl (C=O) groups is 1. The first-order valence-electron chi connectivity index (χ1n) is 4.08. The fourth-order valence-electron chi connectivity index (χ4n) is 1.15. The van der Waals surface area contributed by atoms with E-state index >= 15 is 0 Å². The number of rotatable bonds is 2. The highest BCUT2D eigenvalue weighted by molar-refractivity contribution is 5.78. The van der Waals surface area contributed by atoms with Gasteiger partial charge in [0.25, 0.3) is 0 Å². The summed E-state index contributed by atoms with van der Waals surface area (Å²) in [6.07, 6.45) is 0.482. The van der Waals surface area contributed by atoms with Crippen LogP contribution in [0.3, 0.4) is 0 Å². The number of nitriles is 1. The molecule has 1 heterocycles. The van der Waals surface area contributed by atoms with Crippen LogP contribution >= 0.6 is 0 Å². The topological polar surface area (TPSA) is 58.7 Å². The molecule has 4 heteroatoms. The van der Waals surface area contributed by atoms with Gasteiger partial charge in [-0.15, -0.1) is 0 Å². The molecule has 4 nitrogen and oxygen atoms in total. The summed E-state index contributed by atoms with van der Waals surface area (Å²) in [6, 6.07) is 3.77. The Balaban J connectivity index is 2.78. The minimum absolute atomic E-state index is 0.118. The molecule has 0 radical (unpaired) electrons. The Morgan fingerprint density at radius 2 is 2.38 bits per heavy atom. The molecule has 0 amide bonds. The monoisotopic (exact) mass is 177 g/mol. The van der Waals surface area contributed by atoms with Gasteiger partial charge in [0, 0.05) is 18.5 Å². The third kappa shape index (κ3) is 2.15. The summed E-state index contributed by atoms with van der Waals surface area (Å²) in [7, 11) is 0. The number of aromatic nitrogens is 2. The van der Waals surface area contributed by atoms with Gasteiger partial charge in [-0.1, -0.05) is 0 Å². The molecular weight excluding hydrogens is 166 g/mol. The largest absolute Gasteiger partial charge is 0.273 e. The molecule has 68 valence electrons. The lowest BCUT2D eigenvalue weighted by Crippen LogP contribution is -2.13. The summed E-state index contributed by atoms with van der Waals surface area (Å²) in [5.41, 5.74) is 1.64. The van der Waals surface area contributed by atoms with Crippen molar-refractivity contribution in [3.8, 4) is 6.07 Å². The zero-order valence-electron chi connectivity index (χ0n) is 7.74. The van der Waals surface area contributed by atoms with Crippen molar-refractivity contribution < 1.29 is 4.79 Å². The first-order chi connectivity index (χ1) is 6.15. The van der Waals surface area contributed by atoms with E-state index in [-0.39, 0.29) is 18.7 Å². The zero-order chi connectivity index (χ0) is 9.84. The number of carbonyl (C=O) groups excluding carboxylic acids is 1. The molecule has 1 aromatic rings. The fourth-order valence-corrected chi connectivity index (χ4v) is 1.15. The van der Waals surface area contributed by atoms with Crippen LogP contribution in [-0.4, -0.2) is 15.7 Å². The molecule has 0 spiro atoms. The summed E-state index contributed by atoms with van der Waals surface area (Å²) in [5, 5.41) is 12.3. The van der Waals surface area contributed by atoms with Gasteiger partial charge in [0.1, 0.15) is 0 Å². The maximum absolute atomic E-state index is 11.4. The first-order valence-corrected chi connectivity index (χ1v) is 4.08. The molecule has 0 saturated heterocycles. The highest BCUT2D eigenvalue weighted by atomic mass is 16.2. The predicted octanol–water partition coefficient (Wildman–Crippen LogP) is 1.44. The van der Waals surface area contributed by atoms with Crippen molar-refractivity contribution in [2.45, 2.75) is 26.7 Å². The number of aryl methyl sites for hydroxylation is 2. The molecule has 0 unspecified atom stereocenters. The molecule has 0 fully saturated rings. The van der Waals surface area contributed by atoms with E-state index in [9.17, 15) is 4.79 Å². The van der Waals surface area contributed by atoms with Crippen molar-refractivity contribution in [3.05, 3.63) is 17.5 Å². The second-order valence-corrected chi connectivity index (χ2v) is 2.89. The fraction of sp³-hybridized carbons (Fsp3) is 0.444. The van der Waals surface area contributed by atoms with Gasteiger partial charge in [-0.3, -0.25) is 4.79 Å². The van der Waals surface area contributed by atoms with E-state index in [2.05, 4.69) is 5.10 Å². The van der Waals surface area contributed by atoms with Crippen LogP contribution in [0.5, 0.6) is 0 Å². The van der Waals surface area contributed by atoms with Crippen molar-refractivity contribution >= 4 is 5.91 Å². The van der Waals surface area contributed by atoms with Gasteiger partial charge in [0.15, 0.2) is 0 Å². The van der Waals surface area contributed by atoms with Crippen LogP contribution in [0.1, 0.15) is 29.0 Å². The first kappa shape index (κ1) is 9.46. The molecule has 0 aromatic carbocycles. The third-order valence-electron chi connectivity index (χ3n) is 1.70. The molecule has 0 atom stereocenters. The summed E-state index contributed by atoms with van der Waals surface area (Å²) in [6.45, 7) is 3.66. The molecular formula is C9H11N3O. The van der Waals surface area contributed by atoms with Crippen LogP contribution in [0.15, 0.2) is 6.07 Å². The molecule has 1 aromatic heterocycles. The zero-order valence-corrected chi connectivity index (χ0v) is 7.74. The highest BCUT2D eigenvalue weighted by Crippen LogP contribution is 2.03. The van der Waals surface area contributed by atoms with Gasteiger partial charge >= 0.3 is 0 Å². The third-order valence-corrected chi connectivity index (χ3v) is 1.70. The Morgan fingerprint density at radius 1 is 1.69 bits per heavy atom. The number of nitrogens with zero attached hydrogens (tertiary/aromatic N) is 3. The van der Waals surface area contributed by atoms with E-state index in [1.807, 2.05) is 26.0 Å². The van der Waals surface area contributed by atoms with E-state index in [0.717, 1.165) is 11.4 Å². The summed E-state index contributed by atoms with van der Waals surface area (Å²) in [4.78, 5) is 11.4. The molecule has 13 heavy (non-hydrogen) atoms. The Hall–Kier alpha value is -1.63. The average molecular weight is 177 g/mol. The lowest BCUT2D eigenvalue weighted by molar-refractivity contribution is 0.0885. The lowest BCUT2D eigenvalue weighted by Gasteiger charge is -1.99. The summed E-state index contributed by atoms with van der Waals surface area (Å²) in [5.74, 6) is -0.118. The molecule has 0 aliphatic rings. The number of hydrogen-bond acceptors (Lipinski definition) is 3. The second-order valence-electron chi connectivity index (χ2n) is 2.89. The Kier molecular flexibility index (Phi) is 2.80. The van der Waals surface area contributed by atoms with Crippen LogP contribution in [-0.2, 0) is 0 Å². The van der Waals surface area contributed by atoms with Crippen LogP contribution in [0.4, 0.5) is 0 Å². The van der Waals surface area contributed by atoms with Gasteiger partial charge in [0.05, 0.1) is 11.8 Å². The van der Waals surface area contributed by atoms with Gasteiger partial charge in [-0.05, 0) is 19.9 Å². The van der Waals surface area contributed by atoms with Crippen molar-refractivity contribution in [2.75, 3.05) is 0 Å². The molecule has 0 aliphatic carbocycles. The van der Waals surface area contributed by atoms with Crippen LogP contribution in [0.2, 0.25) is 0 Å². The Labute approximate surface area is 76.8 Å². The Bertz CT molecular complexity index is 359. The second kappa shape index (κ2) is 3.85. The van der Waals surface area contributed by atoms with Crippen LogP contribution < -0.4 is 0 Å². The predicted molar refractivity (Wildman–Crippen MR) is 47.2 cm³/mol. The maximum Gasteiger partial charge on any atom is 0.248 e. The van der Waals surface area contributed by atoms with Gasteiger partial charge < -0.3 is 0 Å². The average Bonchev–Trinajstić information content (AvgIpc) is 2.41. The van der Waals surface area contributed by atoms with Crippen molar-refractivity contribution in [2.24, 2.45) is 0 Å². The van der Waals surface area contributed by atoms with Crippen molar-refractivity contribution in [1.82, 2.24) is 9.78 Å². The molecule has 0 aliphatic heterocycles. The quantitative estimate of drug-likeness (QED) is 0.686. The minimum Gasteiger partial charge on any atom is -0.273 e. The van der Waals surface area contributed by atoms with Crippen LogP contribution in [0.25, 0.3) is 0 Å². The Morgan fingerprint density at radius 3 is 2.85 bits per heavy atom. The van der Waals surface area contributed by atoms with Gasteiger partial charge in [-0.2, -0.15) is 10.4 Å². The summed E-state index contributed by atoms with van der Waals surface area (Å²) >= 11 is 0. The lowest BCUT2D eigenvalue weighted by atomic mass is 10.3. The van der Waals surface area contributed by atoms with Crippen molar-refractivity contribution in [1.29, 1.82) is 5.26 Å². The van der Waals surface area contributed by atoms with Crippen molar-refractivity contribution in [3.63, 3.8) is 0 Å². The van der Waals surface area contributed by atoms with Crippen LogP contribution in [0, 0.1) is 25.2 Å². The van der Waals surface area contributed by atoms with E-state index in [1.165, 1.54) is 4.68 Å². The maximum atomic E-state index is 11.4. The highest BCUT2D eigenvalue weighted by Gasteiger charge is 2.08. The van der Waals surface area contributed by atoms with E-state index < -0.39 is 0 Å². The number of hydrogen-bond donors (Lipinski definition) is 0. The molecule has 0 bridgehead atoms. The molecule has 0 saturated carbocycles. The van der Waals surface area contributed by atoms with E-state index in [0.29, 0.717) is 0 Å². The smallest absolute Gasteiger partial charge is 0.248 e. The summed E-state index contributed by atoms with van der Waals surface area (Å²) < 4.78 is 1.35. The normalized spacial score (nSPS) is 9.62. The molecule has 1 rings (SSSR count). The minimum atomic E-state index is -0.118. The van der Waals surface area contributed by atoms with E-state index in [1.54, 1.807) is 0 Å². The standard InChI is InChI=1S/C9H11N3O/c1-7-6-8(2)12(11-7)9(13)4-3-5-10/h6H,3-4H2,1-2H3. The van der Waals surface area contributed by atoms with E-state index in [4.69, 9.17) is 5.26 Å².